The highest BCUT2D eigenvalue weighted by molar-refractivity contribution is 5.82. The molecule has 1 saturated carbocycles. The number of fused-ring (bicyclic) bond motifs is 1. The SMILES string of the molecule is C=CN(C(=C)c1cccc(NCc2cnnn2C[N+]2(C)C=Cc3c(-c4nc(C5CC5)cc(N5CCCCC5C)n4)ccnc32)c1C)C1CCC(=C)NC1=C. The van der Waals surface area contributed by atoms with Gasteiger partial charge in [-0.2, -0.15) is 4.68 Å². The van der Waals surface area contributed by atoms with Crippen LogP contribution >= 0.6 is 0 Å². The molecule has 0 amide bonds. The van der Waals surface area contributed by atoms with E-state index in [-0.39, 0.29) is 6.04 Å². The number of hydrogen-bond acceptors (Lipinski definition) is 9. The van der Waals surface area contributed by atoms with E-state index in [1.54, 1.807) is 0 Å². The van der Waals surface area contributed by atoms with E-state index < -0.39 is 0 Å². The van der Waals surface area contributed by atoms with Gasteiger partial charge in [-0.05, 0) is 82.7 Å². The summed E-state index contributed by atoms with van der Waals surface area (Å²) >= 11 is 0. The highest BCUT2D eigenvalue weighted by atomic mass is 15.5. The van der Waals surface area contributed by atoms with Crippen molar-refractivity contribution in [1.82, 2.24) is 44.6 Å². The maximum absolute atomic E-state index is 5.21. The number of quaternary nitrogens is 1. The first kappa shape index (κ1) is 35.5. The summed E-state index contributed by atoms with van der Waals surface area (Å²) in [6.45, 7) is 23.5. The molecule has 6 heterocycles. The molecule has 3 fully saturated rings. The maximum atomic E-state index is 5.21. The van der Waals surface area contributed by atoms with Crippen LogP contribution in [0.5, 0.6) is 0 Å². The normalized spacial score (nSPS) is 22.2. The van der Waals surface area contributed by atoms with Crippen LogP contribution in [0.1, 0.15) is 85.9 Å². The molecule has 3 unspecified atom stereocenters. The van der Waals surface area contributed by atoms with Gasteiger partial charge in [0.1, 0.15) is 12.0 Å². The molecule has 2 N–H and O–H groups in total. The summed E-state index contributed by atoms with van der Waals surface area (Å²) in [5.41, 5.74) is 10.2. The average molecular weight is 723 g/mol. The summed E-state index contributed by atoms with van der Waals surface area (Å²) in [6, 6.07) is 11.1. The molecule has 3 atom stereocenters. The predicted octanol–water partition coefficient (Wildman–Crippen LogP) is 8.08. The van der Waals surface area contributed by atoms with Crippen molar-refractivity contribution >= 4 is 29.1 Å². The minimum Gasteiger partial charge on any atom is -0.379 e. The van der Waals surface area contributed by atoms with Crippen LogP contribution < -0.4 is 20.0 Å². The zero-order valence-electron chi connectivity index (χ0n) is 31.9. The molecular formula is C43H52N11+. The molecule has 0 spiro atoms. The highest BCUT2D eigenvalue weighted by Gasteiger charge is 2.36. The van der Waals surface area contributed by atoms with Crippen LogP contribution in [-0.2, 0) is 13.2 Å². The van der Waals surface area contributed by atoms with Crippen molar-refractivity contribution in [1.29, 1.82) is 0 Å². The number of benzene rings is 1. The Hall–Kier alpha value is -5.55. The molecular weight excluding hydrogens is 671 g/mol. The lowest BCUT2D eigenvalue weighted by molar-refractivity contribution is 0.325. The third kappa shape index (κ3) is 6.72. The number of anilines is 2. The van der Waals surface area contributed by atoms with Crippen molar-refractivity contribution in [2.45, 2.75) is 90.0 Å². The Morgan fingerprint density at radius 1 is 1.13 bits per heavy atom. The first-order chi connectivity index (χ1) is 26.1. The Bertz CT molecular complexity index is 2160. The number of hydrogen-bond donors (Lipinski definition) is 2. The Morgan fingerprint density at radius 2 is 1.98 bits per heavy atom. The van der Waals surface area contributed by atoms with Crippen LogP contribution in [0.25, 0.3) is 23.2 Å². The molecule has 11 heteroatoms. The van der Waals surface area contributed by atoms with Crippen molar-refractivity contribution in [2.24, 2.45) is 0 Å². The molecule has 3 aliphatic heterocycles. The van der Waals surface area contributed by atoms with E-state index in [4.69, 9.17) is 15.0 Å². The van der Waals surface area contributed by atoms with Crippen molar-refractivity contribution in [2.75, 3.05) is 23.8 Å². The number of piperidine rings is 2. The van der Waals surface area contributed by atoms with Gasteiger partial charge in [-0.1, -0.05) is 43.7 Å². The summed E-state index contributed by atoms with van der Waals surface area (Å²) in [5, 5.41) is 15.8. The monoisotopic (exact) mass is 722 g/mol. The van der Waals surface area contributed by atoms with Crippen LogP contribution in [0.3, 0.4) is 0 Å². The van der Waals surface area contributed by atoms with Gasteiger partial charge in [0.15, 0.2) is 12.5 Å². The molecule has 2 saturated heterocycles. The molecule has 3 aromatic heterocycles. The summed E-state index contributed by atoms with van der Waals surface area (Å²) in [6.07, 6.45) is 17.8. The maximum Gasteiger partial charge on any atom is 0.241 e. The Morgan fingerprint density at radius 3 is 2.76 bits per heavy atom. The Balaban J connectivity index is 1.01. The van der Waals surface area contributed by atoms with Gasteiger partial charge in [0.25, 0.3) is 0 Å². The molecule has 4 aliphatic rings. The zero-order valence-corrected chi connectivity index (χ0v) is 31.9. The van der Waals surface area contributed by atoms with Crippen molar-refractivity contribution in [3.63, 3.8) is 0 Å². The highest BCUT2D eigenvalue weighted by Crippen LogP contribution is 2.43. The molecule has 8 rings (SSSR count). The van der Waals surface area contributed by atoms with E-state index >= 15 is 0 Å². The topological polar surface area (TPSA) is 99.9 Å². The minimum absolute atomic E-state index is 0.0537. The molecule has 54 heavy (non-hydrogen) atoms. The second-order valence-corrected chi connectivity index (χ2v) is 15.5. The van der Waals surface area contributed by atoms with Gasteiger partial charge < -0.3 is 20.4 Å². The molecule has 1 aliphatic carbocycles. The lowest BCUT2D eigenvalue weighted by atomic mass is 9.97. The molecule has 278 valence electrons. The van der Waals surface area contributed by atoms with Gasteiger partial charge >= 0.3 is 0 Å². The predicted molar refractivity (Wildman–Crippen MR) is 219 cm³/mol. The molecule has 0 radical (unpaired) electrons. The van der Waals surface area contributed by atoms with Crippen LogP contribution in [0, 0.1) is 6.92 Å². The zero-order chi connectivity index (χ0) is 37.6. The van der Waals surface area contributed by atoms with E-state index in [0.717, 1.165) is 87.6 Å². The Labute approximate surface area is 319 Å². The van der Waals surface area contributed by atoms with Gasteiger partial charge in [0.05, 0.1) is 37.1 Å². The summed E-state index contributed by atoms with van der Waals surface area (Å²) in [4.78, 5) is 19.9. The van der Waals surface area contributed by atoms with Crippen molar-refractivity contribution < 1.29 is 0 Å². The van der Waals surface area contributed by atoms with Gasteiger partial charge in [0.2, 0.25) is 5.82 Å². The molecule has 1 aromatic carbocycles. The number of rotatable bonds is 12. The lowest BCUT2D eigenvalue weighted by Gasteiger charge is -2.37. The standard InChI is InChI=1S/C43H52N11/c1-8-51(40-18-15-28(2)47-31(40)5)32(6)35-13-11-14-38(30(35)4)45-25-34-26-46-50-53(34)27-54(7)23-20-37-36(19-21-44-43(37)54)42-48-39(33-16-17-33)24-41(49-42)52-22-10-9-12-29(52)3/h8,11,13-14,19-21,23-24,26,29,33,40,45,47H,1-2,5-6,9-10,12,15-18,22,25,27H2,3-4,7H3/q+1. The molecule has 11 nitrogen and oxygen atoms in total. The van der Waals surface area contributed by atoms with Gasteiger partial charge in [-0.25, -0.2) is 19.4 Å². The number of allylic oxidation sites excluding steroid dienone is 1. The number of aromatic nitrogens is 6. The minimum atomic E-state index is 0.0537. The van der Waals surface area contributed by atoms with Gasteiger partial charge in [-0.3, -0.25) is 0 Å². The van der Waals surface area contributed by atoms with E-state index in [2.05, 4.69) is 121 Å². The summed E-state index contributed by atoms with van der Waals surface area (Å²) < 4.78 is 2.41. The number of nitrogens with zero attached hydrogens (tertiary/aromatic N) is 9. The van der Waals surface area contributed by atoms with E-state index in [1.165, 1.54) is 37.8 Å². The first-order valence-electron chi connectivity index (χ1n) is 19.3. The number of pyridine rings is 1. The number of nitrogens with one attached hydrogen (secondary N) is 2. The first-order valence-corrected chi connectivity index (χ1v) is 19.3. The fourth-order valence-electron chi connectivity index (χ4n) is 8.27. The van der Waals surface area contributed by atoms with Crippen LogP contribution in [0.2, 0.25) is 0 Å². The van der Waals surface area contributed by atoms with Crippen LogP contribution in [-0.4, -0.2) is 60.5 Å². The van der Waals surface area contributed by atoms with Crippen LogP contribution in [0.15, 0.2) is 92.8 Å². The van der Waals surface area contributed by atoms with Gasteiger partial charge in [0, 0.05) is 76.4 Å². The quantitative estimate of drug-likeness (QED) is 0.141. The Kier molecular flexibility index (Phi) is 9.43. The molecule has 0 bridgehead atoms. The lowest BCUT2D eigenvalue weighted by Crippen LogP contribution is -2.41. The van der Waals surface area contributed by atoms with Gasteiger partial charge in [-0.15, -0.1) is 5.10 Å². The van der Waals surface area contributed by atoms with E-state index in [1.807, 2.05) is 23.3 Å². The summed E-state index contributed by atoms with van der Waals surface area (Å²) in [5.74, 6) is 3.33. The second kappa shape index (κ2) is 14.4. The fraction of sp³-hybridized carbons (Fsp3) is 0.372. The van der Waals surface area contributed by atoms with Crippen LogP contribution in [0.4, 0.5) is 17.3 Å². The second-order valence-electron chi connectivity index (χ2n) is 15.5. The average Bonchev–Trinajstić information content (AvgIpc) is 3.85. The third-order valence-electron chi connectivity index (χ3n) is 11.6. The molecule has 4 aromatic rings. The van der Waals surface area contributed by atoms with Crippen molar-refractivity contribution in [3.05, 3.63) is 121 Å². The largest absolute Gasteiger partial charge is 0.379 e. The summed E-state index contributed by atoms with van der Waals surface area (Å²) in [7, 11) is 2.16. The van der Waals surface area contributed by atoms with E-state index in [9.17, 15) is 0 Å². The fourth-order valence-corrected chi connectivity index (χ4v) is 8.27. The van der Waals surface area contributed by atoms with E-state index in [0.29, 0.717) is 29.7 Å². The van der Waals surface area contributed by atoms with Crippen molar-refractivity contribution in [3.8, 4) is 11.4 Å². The smallest absolute Gasteiger partial charge is 0.241 e. The third-order valence-corrected chi connectivity index (χ3v) is 11.6.